The Morgan fingerprint density at radius 3 is 2.77 bits per heavy atom. The normalized spacial score (nSPS) is 16.5. The van der Waals surface area contributed by atoms with Gasteiger partial charge in [-0.2, -0.15) is 0 Å². The minimum Gasteiger partial charge on any atom is -0.493 e. The number of aryl methyl sites for hydroxylation is 1. The number of hydrogen-bond acceptors (Lipinski definition) is 4. The molecule has 1 amide bonds. The highest BCUT2D eigenvalue weighted by molar-refractivity contribution is 5.94. The van der Waals surface area contributed by atoms with Crippen LogP contribution in [0.4, 0.5) is 0 Å². The lowest BCUT2D eigenvalue weighted by Gasteiger charge is -2.26. The number of aliphatic hydroxyl groups excluding tert-OH is 1. The maximum absolute atomic E-state index is 12.2. The maximum atomic E-state index is 12.2. The molecule has 0 bridgehead atoms. The van der Waals surface area contributed by atoms with Crippen molar-refractivity contribution in [2.24, 2.45) is 11.7 Å². The van der Waals surface area contributed by atoms with Gasteiger partial charge in [-0.15, -0.1) is 0 Å². The smallest absolute Gasteiger partial charge is 0.253 e. The van der Waals surface area contributed by atoms with Gasteiger partial charge in [0.2, 0.25) is 0 Å². The molecule has 5 nitrogen and oxygen atoms in total. The molecule has 0 fully saturated rings. The molecule has 2 aromatic carbocycles. The summed E-state index contributed by atoms with van der Waals surface area (Å²) < 4.78 is 6.06. The molecule has 0 heterocycles. The molecule has 1 aliphatic carbocycles. The Kier molecular flexibility index (Phi) is 8.50. The van der Waals surface area contributed by atoms with Crippen LogP contribution in [0.25, 0.3) is 0 Å². The number of nitrogens with two attached hydrogens (primary N) is 1. The van der Waals surface area contributed by atoms with E-state index >= 15 is 0 Å². The lowest BCUT2D eigenvalue weighted by atomic mass is 9.81. The molecular formula is C26H36N2O3. The predicted octanol–water partition coefficient (Wildman–Crippen LogP) is 3.78. The number of carbonyl (C=O) groups is 1. The maximum Gasteiger partial charge on any atom is 0.253 e. The van der Waals surface area contributed by atoms with Crippen LogP contribution in [-0.2, 0) is 12.8 Å². The second-order valence-electron chi connectivity index (χ2n) is 8.83. The quantitative estimate of drug-likeness (QED) is 0.569. The van der Waals surface area contributed by atoms with Crippen LogP contribution < -0.4 is 10.5 Å². The first kappa shape index (κ1) is 23.3. The second-order valence-corrected chi connectivity index (χ2v) is 8.83. The van der Waals surface area contributed by atoms with E-state index in [2.05, 4.69) is 18.2 Å². The van der Waals surface area contributed by atoms with Crippen molar-refractivity contribution in [1.29, 1.82) is 0 Å². The minimum absolute atomic E-state index is 0.0139. The Hall–Kier alpha value is -2.37. The number of ether oxygens (including phenoxy) is 1. The van der Waals surface area contributed by atoms with Crippen LogP contribution >= 0.6 is 0 Å². The third kappa shape index (κ3) is 6.31. The Labute approximate surface area is 186 Å². The molecule has 0 saturated carbocycles. The van der Waals surface area contributed by atoms with E-state index in [1.54, 1.807) is 19.0 Å². The highest BCUT2D eigenvalue weighted by atomic mass is 16.5. The van der Waals surface area contributed by atoms with Crippen LogP contribution in [0, 0.1) is 5.92 Å². The van der Waals surface area contributed by atoms with Gasteiger partial charge in [0.05, 0.1) is 6.61 Å². The van der Waals surface area contributed by atoms with E-state index in [0.717, 1.165) is 44.3 Å². The molecule has 0 spiro atoms. The van der Waals surface area contributed by atoms with Gasteiger partial charge >= 0.3 is 0 Å². The number of carbonyl (C=O) groups excluding carboxylic acids is 1. The van der Waals surface area contributed by atoms with E-state index < -0.39 is 0 Å². The zero-order valence-corrected chi connectivity index (χ0v) is 18.8. The summed E-state index contributed by atoms with van der Waals surface area (Å²) in [5.41, 5.74) is 10.8. The van der Waals surface area contributed by atoms with Gasteiger partial charge in [0, 0.05) is 26.3 Å². The Morgan fingerprint density at radius 1 is 1.19 bits per heavy atom. The molecule has 0 radical (unpaired) electrons. The fourth-order valence-corrected chi connectivity index (χ4v) is 4.36. The van der Waals surface area contributed by atoms with E-state index in [0.29, 0.717) is 30.6 Å². The zero-order chi connectivity index (χ0) is 22.2. The summed E-state index contributed by atoms with van der Waals surface area (Å²) in [7, 11) is 3.51. The molecular weight excluding hydrogens is 388 g/mol. The highest BCUT2D eigenvalue weighted by Crippen LogP contribution is 2.30. The first-order chi connectivity index (χ1) is 15.0. The summed E-state index contributed by atoms with van der Waals surface area (Å²) in [6, 6.07) is 14.3. The summed E-state index contributed by atoms with van der Waals surface area (Å²) in [5.74, 6) is 1.58. The lowest BCUT2D eigenvalue weighted by Crippen LogP contribution is -2.22. The van der Waals surface area contributed by atoms with Crippen LogP contribution in [0.5, 0.6) is 5.75 Å². The van der Waals surface area contributed by atoms with Gasteiger partial charge in [-0.3, -0.25) is 4.79 Å². The molecule has 0 aliphatic heterocycles. The van der Waals surface area contributed by atoms with Gasteiger partial charge < -0.3 is 20.5 Å². The van der Waals surface area contributed by atoms with Crippen LogP contribution in [0.1, 0.15) is 58.6 Å². The van der Waals surface area contributed by atoms with Crippen molar-refractivity contribution in [3.05, 3.63) is 64.7 Å². The first-order valence-electron chi connectivity index (χ1n) is 11.4. The first-order valence-corrected chi connectivity index (χ1v) is 11.4. The molecule has 5 heteroatoms. The van der Waals surface area contributed by atoms with Crippen LogP contribution in [0.3, 0.4) is 0 Å². The Morgan fingerprint density at radius 2 is 2.03 bits per heavy atom. The monoisotopic (exact) mass is 424 g/mol. The minimum atomic E-state index is -0.0139. The number of unbranched alkanes of at least 4 members (excludes halogenated alkanes) is 1. The highest BCUT2D eigenvalue weighted by Gasteiger charge is 2.21. The number of benzene rings is 2. The van der Waals surface area contributed by atoms with Gasteiger partial charge in [-0.05, 0) is 85.4 Å². The van der Waals surface area contributed by atoms with Crippen molar-refractivity contribution in [3.63, 3.8) is 0 Å². The number of amides is 1. The molecule has 0 saturated heterocycles. The van der Waals surface area contributed by atoms with Crippen molar-refractivity contribution in [1.82, 2.24) is 4.90 Å². The van der Waals surface area contributed by atoms with E-state index in [1.165, 1.54) is 16.7 Å². The van der Waals surface area contributed by atoms with Crippen LogP contribution in [0.2, 0.25) is 0 Å². The molecule has 168 valence electrons. The van der Waals surface area contributed by atoms with E-state index in [-0.39, 0.29) is 12.5 Å². The molecule has 0 unspecified atom stereocenters. The van der Waals surface area contributed by atoms with Crippen LogP contribution in [-0.4, -0.2) is 49.8 Å². The average Bonchev–Trinajstić information content (AvgIpc) is 2.79. The van der Waals surface area contributed by atoms with Crippen molar-refractivity contribution < 1.29 is 14.6 Å². The molecule has 0 aromatic heterocycles. The summed E-state index contributed by atoms with van der Waals surface area (Å²) in [4.78, 5) is 13.7. The second kappa shape index (κ2) is 11.3. The number of hydrogen-bond donors (Lipinski definition) is 2. The van der Waals surface area contributed by atoms with E-state index in [4.69, 9.17) is 15.6 Å². The largest absolute Gasteiger partial charge is 0.493 e. The van der Waals surface area contributed by atoms with Crippen molar-refractivity contribution in [3.8, 4) is 5.75 Å². The molecule has 31 heavy (non-hydrogen) atoms. The number of aliphatic hydroxyl groups is 1. The Bertz CT molecular complexity index is 865. The summed E-state index contributed by atoms with van der Waals surface area (Å²) >= 11 is 0. The third-order valence-electron chi connectivity index (χ3n) is 6.25. The van der Waals surface area contributed by atoms with Gasteiger partial charge in [-0.1, -0.05) is 30.7 Å². The average molecular weight is 425 g/mol. The molecule has 1 aliphatic rings. The molecule has 3 N–H and O–H groups in total. The predicted molar refractivity (Wildman–Crippen MR) is 125 cm³/mol. The number of nitrogens with zero attached hydrogens (tertiary/aromatic N) is 1. The summed E-state index contributed by atoms with van der Waals surface area (Å²) in [6.45, 7) is 1.56. The van der Waals surface area contributed by atoms with Gasteiger partial charge in [0.15, 0.2) is 0 Å². The van der Waals surface area contributed by atoms with Crippen molar-refractivity contribution in [2.45, 2.75) is 44.4 Å². The van der Waals surface area contributed by atoms with Crippen molar-refractivity contribution >= 4 is 5.91 Å². The molecule has 2 atom stereocenters. The third-order valence-corrected chi connectivity index (χ3v) is 6.25. The number of rotatable bonds is 10. The van der Waals surface area contributed by atoms with Gasteiger partial charge in [0.25, 0.3) is 5.91 Å². The van der Waals surface area contributed by atoms with Crippen LogP contribution in [0.15, 0.2) is 42.5 Å². The fourth-order valence-electron chi connectivity index (χ4n) is 4.36. The number of fused-ring (bicyclic) bond motifs is 1. The zero-order valence-electron chi connectivity index (χ0n) is 18.8. The SMILES string of the molecule is CN(C)C(=O)c1cccc(OC[C@@H]2CCc3cc([C@H](CN)CCCCO)ccc3C2)c1. The summed E-state index contributed by atoms with van der Waals surface area (Å²) in [5, 5.41) is 9.02. The van der Waals surface area contributed by atoms with Gasteiger partial charge in [-0.25, -0.2) is 0 Å². The lowest BCUT2D eigenvalue weighted by molar-refractivity contribution is 0.0827. The molecule has 3 rings (SSSR count). The van der Waals surface area contributed by atoms with Gasteiger partial charge in [0.1, 0.15) is 5.75 Å². The van der Waals surface area contributed by atoms with E-state index in [9.17, 15) is 4.79 Å². The topological polar surface area (TPSA) is 75.8 Å². The Balaban J connectivity index is 1.58. The summed E-state index contributed by atoms with van der Waals surface area (Å²) in [6.07, 6.45) is 6.06. The molecule has 2 aromatic rings. The standard InChI is InChI=1S/C26H36N2O3/c1-28(2)26(30)23-7-5-8-25(16-23)31-18-19-9-10-21-15-22(12-11-20(21)14-19)24(17-27)6-3-4-13-29/h5,7-8,11-12,15-16,19,24,29H,3-4,6,9-10,13-14,17-18,27H2,1-2H3/t19-,24+/m1/s1. The fraction of sp³-hybridized carbons (Fsp3) is 0.500. The van der Waals surface area contributed by atoms with E-state index in [1.807, 2.05) is 24.3 Å². The van der Waals surface area contributed by atoms with Crippen molar-refractivity contribution in [2.75, 3.05) is 33.9 Å².